The van der Waals surface area contributed by atoms with E-state index in [1.807, 2.05) is 0 Å². The van der Waals surface area contributed by atoms with E-state index in [9.17, 15) is 9.90 Å². The number of carbonyl (C=O) groups excluding carboxylic acids is 1. The Morgan fingerprint density at radius 2 is 2.00 bits per heavy atom. The molecule has 17 heavy (non-hydrogen) atoms. The van der Waals surface area contributed by atoms with E-state index in [-0.39, 0.29) is 23.7 Å². The minimum atomic E-state index is -0.774. The molecule has 1 saturated carbocycles. The molecule has 1 aliphatic carbocycles. The first-order chi connectivity index (χ1) is 8.20. The zero-order chi connectivity index (χ0) is 12.3. The quantitative estimate of drug-likeness (QED) is 0.431. The van der Waals surface area contributed by atoms with E-state index >= 15 is 0 Å². The summed E-state index contributed by atoms with van der Waals surface area (Å²) >= 11 is 0. The van der Waals surface area contributed by atoms with Gasteiger partial charge >= 0.3 is 5.91 Å². The number of nitrogens with one attached hydrogen (secondary N) is 2. The highest BCUT2D eigenvalue weighted by Gasteiger charge is 2.24. The Labute approximate surface area is 96.9 Å². The van der Waals surface area contributed by atoms with Crippen molar-refractivity contribution in [1.82, 2.24) is 15.8 Å². The van der Waals surface area contributed by atoms with Gasteiger partial charge in [0, 0.05) is 6.04 Å². The predicted molar refractivity (Wildman–Crippen MR) is 55.4 cm³/mol. The van der Waals surface area contributed by atoms with Crippen molar-refractivity contribution in [3.63, 3.8) is 0 Å². The zero-order valence-electron chi connectivity index (χ0n) is 9.09. The van der Waals surface area contributed by atoms with E-state index < -0.39 is 5.91 Å². The molecule has 0 spiro atoms. The number of aromatic nitrogens is 2. The Morgan fingerprint density at radius 1 is 1.29 bits per heavy atom. The van der Waals surface area contributed by atoms with Crippen LogP contribution in [0.3, 0.4) is 0 Å². The first kappa shape index (κ1) is 11.8. The van der Waals surface area contributed by atoms with Crippen molar-refractivity contribution in [1.29, 1.82) is 0 Å². The number of hydrogen-bond acceptors (Lipinski definition) is 7. The number of rotatable bonds is 3. The Kier molecular flexibility index (Phi) is 3.55. The van der Waals surface area contributed by atoms with E-state index in [1.165, 1.54) is 5.48 Å². The van der Waals surface area contributed by atoms with Crippen molar-refractivity contribution in [2.24, 2.45) is 0 Å². The third-order valence-electron chi connectivity index (χ3n) is 2.84. The molecule has 0 aromatic carbocycles. The molecule has 1 aliphatic rings. The number of carbonyl (C=O) groups is 1. The van der Waals surface area contributed by atoms with Gasteiger partial charge in [0.1, 0.15) is 0 Å². The molecule has 2 rings (SSSR count). The van der Waals surface area contributed by atoms with Crippen molar-refractivity contribution in [2.45, 2.75) is 37.8 Å². The number of hydrogen-bond donors (Lipinski definition) is 4. The highest BCUT2D eigenvalue weighted by atomic mass is 16.6. The van der Waals surface area contributed by atoms with Gasteiger partial charge in [0.15, 0.2) is 0 Å². The number of hydroxylamine groups is 1. The summed E-state index contributed by atoms with van der Waals surface area (Å²) in [6.07, 6.45) is 2.75. The maximum Gasteiger partial charge on any atom is 0.300 e. The monoisotopic (exact) mass is 242 g/mol. The molecule has 0 unspecified atom stereocenters. The second-order valence-corrected chi connectivity index (χ2v) is 4.05. The van der Waals surface area contributed by atoms with Gasteiger partial charge in [-0.1, -0.05) is 0 Å². The summed E-state index contributed by atoms with van der Waals surface area (Å²) in [7, 11) is 0. The smallest absolute Gasteiger partial charge is 0.300 e. The molecular weight excluding hydrogens is 228 g/mol. The lowest BCUT2D eigenvalue weighted by molar-refractivity contribution is 0.0696. The lowest BCUT2D eigenvalue weighted by Crippen LogP contribution is -2.29. The Morgan fingerprint density at radius 3 is 2.65 bits per heavy atom. The minimum absolute atomic E-state index is 0.0846. The highest BCUT2D eigenvalue weighted by molar-refractivity contribution is 5.95. The van der Waals surface area contributed by atoms with Gasteiger partial charge in [-0.15, -0.1) is 0 Å². The molecule has 0 atom stereocenters. The lowest BCUT2D eigenvalue weighted by atomic mass is 9.93. The van der Waals surface area contributed by atoms with Crippen molar-refractivity contribution in [3.8, 4) is 0 Å². The van der Waals surface area contributed by atoms with Crippen molar-refractivity contribution in [3.05, 3.63) is 5.69 Å². The van der Waals surface area contributed by atoms with Crippen LogP contribution >= 0.6 is 0 Å². The van der Waals surface area contributed by atoms with Gasteiger partial charge < -0.3 is 10.4 Å². The van der Waals surface area contributed by atoms with Crippen LogP contribution < -0.4 is 10.8 Å². The standard InChI is InChI=1S/C9H14N4O4/c14-6-3-1-5(2-4-6)10-8-7(9(15)11-16)12-17-13-8/h5-6,14,16H,1-4H2,(H,10,13)(H,11,15). The Hall–Kier alpha value is -1.67. The van der Waals surface area contributed by atoms with E-state index in [2.05, 4.69) is 20.3 Å². The molecule has 94 valence electrons. The minimum Gasteiger partial charge on any atom is -0.393 e. The second kappa shape index (κ2) is 5.11. The number of amides is 1. The van der Waals surface area contributed by atoms with Gasteiger partial charge in [0.2, 0.25) is 11.5 Å². The van der Waals surface area contributed by atoms with Crippen LogP contribution in [0.15, 0.2) is 4.63 Å². The van der Waals surface area contributed by atoms with Crippen molar-refractivity contribution in [2.75, 3.05) is 5.32 Å². The van der Waals surface area contributed by atoms with E-state index in [0.29, 0.717) is 12.8 Å². The Balaban J connectivity index is 1.99. The van der Waals surface area contributed by atoms with Crippen LogP contribution in [0.1, 0.15) is 36.2 Å². The van der Waals surface area contributed by atoms with Gasteiger partial charge in [-0.05, 0) is 36.0 Å². The van der Waals surface area contributed by atoms with Crippen LogP contribution in [-0.2, 0) is 0 Å². The molecular formula is C9H14N4O4. The molecule has 0 aliphatic heterocycles. The predicted octanol–water partition coefficient (Wildman–Crippen LogP) is -0.0960. The fourth-order valence-corrected chi connectivity index (χ4v) is 1.90. The second-order valence-electron chi connectivity index (χ2n) is 4.05. The summed E-state index contributed by atoms with van der Waals surface area (Å²) in [6.45, 7) is 0. The number of anilines is 1. The van der Waals surface area contributed by atoms with Crippen LogP contribution in [0.2, 0.25) is 0 Å². The molecule has 8 nitrogen and oxygen atoms in total. The average molecular weight is 242 g/mol. The van der Waals surface area contributed by atoms with E-state index in [1.54, 1.807) is 0 Å². The van der Waals surface area contributed by atoms with Crippen LogP contribution in [0.5, 0.6) is 0 Å². The average Bonchev–Trinajstić information content (AvgIpc) is 2.79. The maximum atomic E-state index is 11.2. The molecule has 8 heteroatoms. The summed E-state index contributed by atoms with van der Waals surface area (Å²) < 4.78 is 4.45. The SMILES string of the molecule is O=C(NO)c1nonc1NC1CCC(O)CC1. The van der Waals surface area contributed by atoms with Crippen LogP contribution in [-0.4, -0.2) is 38.7 Å². The first-order valence-corrected chi connectivity index (χ1v) is 5.42. The van der Waals surface area contributed by atoms with Gasteiger partial charge in [0.25, 0.3) is 0 Å². The molecule has 0 radical (unpaired) electrons. The van der Waals surface area contributed by atoms with E-state index in [0.717, 1.165) is 12.8 Å². The van der Waals surface area contributed by atoms with Crippen molar-refractivity contribution < 1.29 is 19.7 Å². The molecule has 0 saturated heterocycles. The van der Waals surface area contributed by atoms with E-state index in [4.69, 9.17) is 5.21 Å². The molecule has 1 amide bonds. The molecule has 1 fully saturated rings. The topological polar surface area (TPSA) is 121 Å². The number of aliphatic hydroxyl groups excluding tert-OH is 1. The fourth-order valence-electron chi connectivity index (χ4n) is 1.90. The molecule has 1 aromatic rings. The third kappa shape index (κ3) is 2.71. The normalized spacial score (nSPS) is 24.4. The summed E-state index contributed by atoms with van der Waals surface area (Å²) in [5.74, 6) is -0.567. The molecule has 1 heterocycles. The summed E-state index contributed by atoms with van der Waals surface area (Å²) in [6, 6.07) is 0.121. The largest absolute Gasteiger partial charge is 0.393 e. The third-order valence-corrected chi connectivity index (χ3v) is 2.84. The lowest BCUT2D eigenvalue weighted by Gasteiger charge is -2.25. The summed E-state index contributed by atoms with van der Waals surface area (Å²) in [4.78, 5) is 11.2. The fraction of sp³-hybridized carbons (Fsp3) is 0.667. The summed E-state index contributed by atoms with van der Waals surface area (Å²) in [5, 5.41) is 27.8. The van der Waals surface area contributed by atoms with Gasteiger partial charge in [-0.2, -0.15) is 0 Å². The highest BCUT2D eigenvalue weighted by Crippen LogP contribution is 2.22. The molecule has 1 aromatic heterocycles. The Bertz CT molecular complexity index is 386. The molecule has 4 N–H and O–H groups in total. The molecule has 0 bridgehead atoms. The van der Waals surface area contributed by atoms with Gasteiger partial charge in [-0.25, -0.2) is 10.1 Å². The van der Waals surface area contributed by atoms with Crippen molar-refractivity contribution >= 4 is 11.7 Å². The maximum absolute atomic E-state index is 11.2. The first-order valence-electron chi connectivity index (χ1n) is 5.42. The van der Waals surface area contributed by atoms with Crippen LogP contribution in [0.25, 0.3) is 0 Å². The van der Waals surface area contributed by atoms with Crippen LogP contribution in [0, 0.1) is 0 Å². The van der Waals surface area contributed by atoms with Gasteiger partial charge in [-0.3, -0.25) is 10.0 Å². The van der Waals surface area contributed by atoms with Crippen LogP contribution in [0.4, 0.5) is 5.82 Å². The summed E-state index contributed by atoms with van der Waals surface area (Å²) in [5.41, 5.74) is 1.39. The zero-order valence-corrected chi connectivity index (χ0v) is 9.09. The number of nitrogens with zero attached hydrogens (tertiary/aromatic N) is 2. The number of aliphatic hydroxyl groups is 1. The van der Waals surface area contributed by atoms with Gasteiger partial charge in [0.05, 0.1) is 6.10 Å².